The van der Waals surface area contributed by atoms with Gasteiger partial charge in [-0.3, -0.25) is 4.89 Å². The number of carbonyl (C=O) groups is 1. The van der Waals surface area contributed by atoms with Gasteiger partial charge < -0.3 is 5.11 Å². The average Bonchev–Trinajstić information content (AvgIpc) is 1.83. The van der Waals surface area contributed by atoms with Gasteiger partial charge in [0.15, 0.2) is 6.79 Å². The Labute approximate surface area is 46.3 Å². The molecule has 4 heteroatoms. The molecule has 0 aromatic heterocycles. The summed E-state index contributed by atoms with van der Waals surface area (Å²) in [5, 5.41) is 7.88. The molecule has 0 aromatic rings. The van der Waals surface area contributed by atoms with Crippen LogP contribution in [0.3, 0.4) is 0 Å². The molecule has 1 N–H and O–H groups in total. The lowest BCUT2D eigenvalue weighted by atomic mass is 10.7. The summed E-state index contributed by atoms with van der Waals surface area (Å²) in [5.74, 6) is -0.723. The van der Waals surface area contributed by atoms with Crippen LogP contribution in [-0.4, -0.2) is 17.9 Å². The zero-order valence-electron chi connectivity index (χ0n) is 4.16. The molecule has 0 heterocycles. The number of hydrogen-bond acceptors (Lipinski definition) is 4. The first-order chi connectivity index (χ1) is 3.81. The van der Waals surface area contributed by atoms with E-state index in [2.05, 4.69) is 16.4 Å². The molecular weight excluding hydrogens is 112 g/mol. The third-order valence-corrected chi connectivity index (χ3v) is 0.360. The average molecular weight is 118 g/mol. The summed E-state index contributed by atoms with van der Waals surface area (Å²) in [7, 11) is 0. The number of rotatable bonds is 3. The zero-order chi connectivity index (χ0) is 6.41. The maximum atomic E-state index is 9.99. The van der Waals surface area contributed by atoms with Crippen molar-refractivity contribution in [1.82, 2.24) is 0 Å². The second-order valence-corrected chi connectivity index (χ2v) is 0.853. The number of carbonyl (C=O) groups excluding carboxylic acids is 1. The molecule has 0 fully saturated rings. The van der Waals surface area contributed by atoms with Gasteiger partial charge in [0, 0.05) is 6.08 Å². The Hall–Kier alpha value is -0.870. The van der Waals surface area contributed by atoms with Crippen molar-refractivity contribution in [3.05, 3.63) is 12.7 Å². The van der Waals surface area contributed by atoms with Crippen LogP contribution in [0.2, 0.25) is 0 Å². The summed E-state index contributed by atoms with van der Waals surface area (Å²) in [6.45, 7) is 2.44. The van der Waals surface area contributed by atoms with Crippen LogP contribution >= 0.6 is 0 Å². The minimum absolute atomic E-state index is 0.639. The minimum atomic E-state index is -0.723. The summed E-state index contributed by atoms with van der Waals surface area (Å²) < 4.78 is 0. The Balaban J connectivity index is 3.11. The van der Waals surface area contributed by atoms with Crippen molar-refractivity contribution < 1.29 is 19.7 Å². The second-order valence-electron chi connectivity index (χ2n) is 0.853. The molecule has 0 bridgehead atoms. The summed E-state index contributed by atoms with van der Waals surface area (Å²) in [4.78, 5) is 17.6. The third-order valence-electron chi connectivity index (χ3n) is 0.360. The molecule has 0 aliphatic heterocycles. The zero-order valence-corrected chi connectivity index (χ0v) is 4.16. The van der Waals surface area contributed by atoms with Crippen LogP contribution in [-0.2, 0) is 14.6 Å². The van der Waals surface area contributed by atoms with Gasteiger partial charge in [0.1, 0.15) is 0 Å². The maximum Gasteiger partial charge on any atom is 0.365 e. The van der Waals surface area contributed by atoms with Crippen molar-refractivity contribution >= 4 is 5.97 Å². The standard InChI is InChI=1S/C4H6O4/c1-2-4(6)8-7-3-5/h2,5H,1,3H2. The second kappa shape index (κ2) is 4.29. The van der Waals surface area contributed by atoms with Crippen molar-refractivity contribution in [1.29, 1.82) is 0 Å². The smallest absolute Gasteiger partial charge is 0.365 e. The molecule has 0 rings (SSSR count). The normalized spacial score (nSPS) is 8.12. The highest BCUT2D eigenvalue weighted by atomic mass is 17.2. The van der Waals surface area contributed by atoms with E-state index in [9.17, 15) is 4.79 Å². The topological polar surface area (TPSA) is 55.8 Å². The van der Waals surface area contributed by atoms with E-state index >= 15 is 0 Å². The van der Waals surface area contributed by atoms with E-state index < -0.39 is 12.8 Å². The van der Waals surface area contributed by atoms with E-state index in [1.165, 1.54) is 0 Å². The Morgan fingerprint density at radius 2 is 2.50 bits per heavy atom. The predicted molar refractivity (Wildman–Crippen MR) is 24.5 cm³/mol. The van der Waals surface area contributed by atoms with E-state index in [0.717, 1.165) is 6.08 Å². The quantitative estimate of drug-likeness (QED) is 0.237. The first-order valence-electron chi connectivity index (χ1n) is 1.88. The molecule has 0 unspecified atom stereocenters. The summed E-state index contributed by atoms with van der Waals surface area (Å²) in [6.07, 6.45) is 0.926. The first kappa shape index (κ1) is 7.13. The number of aliphatic hydroxyl groups excluding tert-OH is 1. The van der Waals surface area contributed by atoms with Gasteiger partial charge in [0.25, 0.3) is 0 Å². The molecule has 8 heavy (non-hydrogen) atoms. The fraction of sp³-hybridized carbons (Fsp3) is 0.250. The van der Waals surface area contributed by atoms with Crippen molar-refractivity contribution in [2.75, 3.05) is 6.79 Å². The van der Waals surface area contributed by atoms with Gasteiger partial charge in [-0.2, -0.15) is 4.89 Å². The lowest BCUT2D eigenvalue weighted by molar-refractivity contribution is -0.298. The lowest BCUT2D eigenvalue weighted by Gasteiger charge is -1.92. The van der Waals surface area contributed by atoms with Crippen molar-refractivity contribution in [2.45, 2.75) is 0 Å². The van der Waals surface area contributed by atoms with E-state index in [1.54, 1.807) is 0 Å². The van der Waals surface area contributed by atoms with Gasteiger partial charge in [-0.25, -0.2) is 4.79 Å². The Kier molecular flexibility index (Phi) is 3.83. The maximum absolute atomic E-state index is 9.99. The van der Waals surface area contributed by atoms with E-state index in [1.807, 2.05) is 0 Å². The van der Waals surface area contributed by atoms with Gasteiger partial charge in [0.2, 0.25) is 0 Å². The van der Waals surface area contributed by atoms with Crippen LogP contribution in [0, 0.1) is 0 Å². The number of hydrogen-bond donors (Lipinski definition) is 1. The largest absolute Gasteiger partial charge is 0.367 e. The van der Waals surface area contributed by atoms with Crippen LogP contribution in [0.4, 0.5) is 0 Å². The van der Waals surface area contributed by atoms with Crippen molar-refractivity contribution in [3.8, 4) is 0 Å². The van der Waals surface area contributed by atoms with Crippen molar-refractivity contribution in [2.24, 2.45) is 0 Å². The Morgan fingerprint density at radius 3 is 2.88 bits per heavy atom. The SMILES string of the molecule is C=CC(=O)OOCO. The molecule has 0 radical (unpaired) electrons. The minimum Gasteiger partial charge on any atom is -0.367 e. The van der Waals surface area contributed by atoms with Crippen LogP contribution in [0.25, 0.3) is 0 Å². The summed E-state index contributed by atoms with van der Waals surface area (Å²) in [5.41, 5.74) is 0. The highest BCUT2D eigenvalue weighted by molar-refractivity contribution is 5.80. The predicted octanol–water partition coefficient (Wildman–Crippen LogP) is -0.403. The molecule has 0 saturated heterocycles. The van der Waals surface area contributed by atoms with Crippen molar-refractivity contribution in [3.63, 3.8) is 0 Å². The van der Waals surface area contributed by atoms with Crippen LogP contribution < -0.4 is 0 Å². The first-order valence-corrected chi connectivity index (χ1v) is 1.88. The number of aliphatic hydroxyl groups is 1. The van der Waals surface area contributed by atoms with E-state index in [-0.39, 0.29) is 0 Å². The molecule has 46 valence electrons. The highest BCUT2D eigenvalue weighted by Crippen LogP contribution is 1.77. The Morgan fingerprint density at radius 1 is 1.88 bits per heavy atom. The van der Waals surface area contributed by atoms with Crippen LogP contribution in [0.5, 0.6) is 0 Å². The molecular formula is C4H6O4. The van der Waals surface area contributed by atoms with Gasteiger partial charge >= 0.3 is 5.97 Å². The van der Waals surface area contributed by atoms with E-state index in [4.69, 9.17) is 5.11 Å². The fourth-order valence-electron chi connectivity index (χ4n) is 0.118. The molecule has 0 spiro atoms. The van der Waals surface area contributed by atoms with Gasteiger partial charge in [-0.1, -0.05) is 6.58 Å². The van der Waals surface area contributed by atoms with Gasteiger partial charge in [-0.05, 0) is 0 Å². The fourth-order valence-corrected chi connectivity index (χ4v) is 0.118. The molecule has 0 aliphatic rings. The molecule has 0 atom stereocenters. The van der Waals surface area contributed by atoms with E-state index in [0.29, 0.717) is 0 Å². The molecule has 0 saturated carbocycles. The van der Waals surface area contributed by atoms with Gasteiger partial charge in [0.05, 0.1) is 0 Å². The molecule has 0 aromatic carbocycles. The molecule has 4 nitrogen and oxygen atoms in total. The monoisotopic (exact) mass is 118 g/mol. The molecule has 0 aliphatic carbocycles. The third kappa shape index (κ3) is 3.32. The van der Waals surface area contributed by atoms with Crippen LogP contribution in [0.15, 0.2) is 12.7 Å². The summed E-state index contributed by atoms with van der Waals surface area (Å²) >= 11 is 0. The Bertz CT molecular complexity index is 88.0. The van der Waals surface area contributed by atoms with Crippen LogP contribution in [0.1, 0.15) is 0 Å². The molecule has 0 amide bonds. The van der Waals surface area contributed by atoms with Gasteiger partial charge in [-0.15, -0.1) is 0 Å². The lowest BCUT2D eigenvalue weighted by Crippen LogP contribution is -2.01. The summed E-state index contributed by atoms with van der Waals surface area (Å²) in [6, 6.07) is 0. The highest BCUT2D eigenvalue weighted by Gasteiger charge is 1.91.